The molecule has 3 heteroatoms. The van der Waals surface area contributed by atoms with Gasteiger partial charge in [-0.15, -0.1) is 0 Å². The molecule has 0 amide bonds. The molecular weight excluding hydrogens is 307 g/mol. The molecule has 0 fully saturated rings. The van der Waals surface area contributed by atoms with Crippen molar-refractivity contribution in [3.8, 4) is 28.0 Å². The van der Waals surface area contributed by atoms with Gasteiger partial charge >= 0.3 is 7.69 Å². The smallest absolute Gasteiger partial charge is 0.537 e. The van der Waals surface area contributed by atoms with Crippen LogP contribution in [0, 0.1) is 0 Å². The molecule has 1 radical (unpaired) electrons. The summed E-state index contributed by atoms with van der Waals surface area (Å²) in [5.41, 5.74) is 4.80. The van der Waals surface area contributed by atoms with E-state index in [4.69, 9.17) is 9.68 Å². The lowest BCUT2D eigenvalue weighted by atomic mass is 9.98. The maximum Gasteiger partial charge on any atom is 0.569 e. The Balaban J connectivity index is 1.66. The van der Waals surface area contributed by atoms with Crippen LogP contribution in [0.5, 0.6) is 5.75 Å². The fourth-order valence-electron chi connectivity index (χ4n) is 3.02. The second kappa shape index (κ2) is 6.84. The normalized spacial score (nSPS) is 10.6. The number of hydrogen-bond acceptors (Lipinski definition) is 2. The lowest BCUT2D eigenvalue weighted by Crippen LogP contribution is -1.99. The Morgan fingerprint density at radius 3 is 1.84 bits per heavy atom. The molecule has 0 aliphatic carbocycles. The predicted molar refractivity (Wildman–Crippen MR) is 103 cm³/mol. The van der Waals surface area contributed by atoms with E-state index in [0.29, 0.717) is 13.4 Å². The Morgan fingerprint density at radius 2 is 1.12 bits per heavy atom. The molecule has 4 rings (SSSR count). The quantitative estimate of drug-likeness (QED) is 0.531. The highest BCUT2D eigenvalue weighted by atomic mass is 16.5. The molecule has 119 valence electrons. The molecule has 1 N–H and O–H groups in total. The first-order valence-electron chi connectivity index (χ1n) is 8.16. The molecule has 25 heavy (non-hydrogen) atoms. The van der Waals surface area contributed by atoms with Gasteiger partial charge in [-0.1, -0.05) is 72.8 Å². The van der Waals surface area contributed by atoms with Gasteiger partial charge in [-0.05, 0) is 51.2 Å². The first-order chi connectivity index (χ1) is 12.3. The number of rotatable bonds is 4. The Labute approximate surface area is 147 Å². The van der Waals surface area contributed by atoms with E-state index in [-0.39, 0.29) is 0 Å². The van der Waals surface area contributed by atoms with Gasteiger partial charge in [0.25, 0.3) is 0 Å². The fourth-order valence-corrected chi connectivity index (χ4v) is 3.02. The third-order valence-corrected chi connectivity index (χ3v) is 4.33. The molecule has 0 heterocycles. The van der Waals surface area contributed by atoms with Gasteiger partial charge in [-0.3, -0.25) is 0 Å². The minimum atomic E-state index is 0.620. The maximum atomic E-state index is 8.74. The molecule has 0 saturated heterocycles. The summed E-state index contributed by atoms with van der Waals surface area (Å²) in [6.45, 7) is 0. The van der Waals surface area contributed by atoms with Gasteiger partial charge in [0, 0.05) is 0 Å². The van der Waals surface area contributed by atoms with Crippen molar-refractivity contribution in [2.45, 2.75) is 0 Å². The summed E-state index contributed by atoms with van der Waals surface area (Å²) in [5.74, 6) is 0.620. The van der Waals surface area contributed by atoms with Crippen LogP contribution in [-0.2, 0) is 0 Å². The van der Waals surface area contributed by atoms with Crippen molar-refractivity contribution in [3.05, 3.63) is 91.0 Å². The number of fused-ring (bicyclic) bond motifs is 1. The van der Waals surface area contributed by atoms with Crippen LogP contribution >= 0.6 is 0 Å². The second-order valence-corrected chi connectivity index (χ2v) is 5.89. The van der Waals surface area contributed by atoms with Crippen LogP contribution in [0.15, 0.2) is 91.0 Å². The monoisotopic (exact) mass is 323 g/mol. The van der Waals surface area contributed by atoms with Gasteiger partial charge in [-0.2, -0.15) is 0 Å². The molecule has 0 atom stereocenters. The van der Waals surface area contributed by atoms with E-state index in [0.717, 1.165) is 10.8 Å². The van der Waals surface area contributed by atoms with Gasteiger partial charge in [0.2, 0.25) is 0 Å². The summed E-state index contributed by atoms with van der Waals surface area (Å²) in [6.07, 6.45) is 0. The topological polar surface area (TPSA) is 29.5 Å². The van der Waals surface area contributed by atoms with Crippen LogP contribution in [-0.4, -0.2) is 12.7 Å². The Bertz CT molecular complexity index is 995. The summed E-state index contributed by atoms with van der Waals surface area (Å²) < 4.78 is 5.01. The fraction of sp³-hybridized carbons (Fsp3) is 0. The first kappa shape index (κ1) is 15.5. The molecule has 0 spiro atoms. The van der Waals surface area contributed by atoms with Crippen molar-refractivity contribution in [2.75, 3.05) is 0 Å². The first-order valence-corrected chi connectivity index (χ1v) is 8.16. The average molecular weight is 323 g/mol. The van der Waals surface area contributed by atoms with E-state index in [1.165, 1.54) is 22.3 Å². The van der Waals surface area contributed by atoms with Crippen molar-refractivity contribution in [3.63, 3.8) is 0 Å². The molecule has 0 saturated carbocycles. The van der Waals surface area contributed by atoms with E-state index in [2.05, 4.69) is 66.7 Å². The molecule has 4 aromatic carbocycles. The predicted octanol–water partition coefficient (Wildman–Crippen LogP) is 5.08. The lowest BCUT2D eigenvalue weighted by molar-refractivity contribution is 0.454. The van der Waals surface area contributed by atoms with Crippen molar-refractivity contribution in [1.82, 2.24) is 0 Å². The van der Waals surface area contributed by atoms with Crippen LogP contribution in [0.2, 0.25) is 0 Å². The van der Waals surface area contributed by atoms with Crippen LogP contribution < -0.4 is 4.65 Å². The van der Waals surface area contributed by atoms with Crippen molar-refractivity contribution >= 4 is 18.5 Å². The molecular formula is C22H16BO2. The van der Waals surface area contributed by atoms with Gasteiger partial charge in [0.05, 0.1) is 0 Å². The molecule has 0 unspecified atom stereocenters. The van der Waals surface area contributed by atoms with E-state index in [1.807, 2.05) is 24.3 Å². The van der Waals surface area contributed by atoms with Gasteiger partial charge in [-0.25, -0.2) is 0 Å². The van der Waals surface area contributed by atoms with Crippen LogP contribution in [0.1, 0.15) is 0 Å². The zero-order valence-electron chi connectivity index (χ0n) is 13.6. The van der Waals surface area contributed by atoms with Crippen LogP contribution in [0.3, 0.4) is 0 Å². The molecule has 0 aliphatic heterocycles. The zero-order chi connectivity index (χ0) is 17.1. The van der Waals surface area contributed by atoms with E-state index < -0.39 is 0 Å². The highest BCUT2D eigenvalue weighted by molar-refractivity contribution is 6.17. The van der Waals surface area contributed by atoms with Crippen molar-refractivity contribution in [2.24, 2.45) is 0 Å². The minimum Gasteiger partial charge on any atom is -0.537 e. The summed E-state index contributed by atoms with van der Waals surface area (Å²) >= 11 is 0. The summed E-state index contributed by atoms with van der Waals surface area (Å²) in [5, 5.41) is 10.9. The molecule has 2 nitrogen and oxygen atoms in total. The number of hydrogen-bond donors (Lipinski definition) is 1. The van der Waals surface area contributed by atoms with E-state index >= 15 is 0 Å². The largest absolute Gasteiger partial charge is 0.569 e. The molecule has 0 aromatic heterocycles. The Kier molecular flexibility index (Phi) is 4.24. The van der Waals surface area contributed by atoms with Gasteiger partial charge in [0.15, 0.2) is 0 Å². The van der Waals surface area contributed by atoms with Crippen molar-refractivity contribution < 1.29 is 9.68 Å². The Hall–Kier alpha value is -3.04. The summed E-state index contributed by atoms with van der Waals surface area (Å²) in [6, 6.07) is 31.1. The standard InChI is InChI=1S/C22H16BO2/c24-23-25-22-13-12-20-14-19(10-11-21(20)15-22)18-8-6-17(7-9-18)16-4-2-1-3-5-16/h1-15,24H. The molecule has 0 bridgehead atoms. The van der Waals surface area contributed by atoms with E-state index in [9.17, 15) is 0 Å². The third-order valence-electron chi connectivity index (χ3n) is 4.33. The van der Waals surface area contributed by atoms with E-state index in [1.54, 1.807) is 0 Å². The molecule has 4 aromatic rings. The maximum absolute atomic E-state index is 8.74. The minimum absolute atomic E-state index is 0.620. The Morgan fingerprint density at radius 1 is 0.560 bits per heavy atom. The highest BCUT2D eigenvalue weighted by Crippen LogP contribution is 2.29. The summed E-state index contributed by atoms with van der Waals surface area (Å²) in [4.78, 5) is 0. The molecule has 0 aliphatic rings. The second-order valence-electron chi connectivity index (χ2n) is 5.89. The number of benzene rings is 4. The van der Waals surface area contributed by atoms with Gasteiger partial charge in [0.1, 0.15) is 5.75 Å². The van der Waals surface area contributed by atoms with Gasteiger partial charge < -0.3 is 9.68 Å². The zero-order valence-corrected chi connectivity index (χ0v) is 13.6. The average Bonchev–Trinajstić information content (AvgIpc) is 2.69. The van der Waals surface area contributed by atoms with Crippen LogP contribution in [0.4, 0.5) is 0 Å². The lowest BCUT2D eigenvalue weighted by Gasteiger charge is -2.08. The summed E-state index contributed by atoms with van der Waals surface area (Å²) in [7, 11) is 0.698. The van der Waals surface area contributed by atoms with Crippen molar-refractivity contribution in [1.29, 1.82) is 0 Å². The SMILES string of the molecule is O[B]Oc1ccc2cc(-c3ccc(-c4ccccc4)cc3)ccc2c1. The highest BCUT2D eigenvalue weighted by Gasteiger charge is 2.03. The third kappa shape index (κ3) is 3.28. The van der Waals surface area contributed by atoms with Crippen LogP contribution in [0.25, 0.3) is 33.0 Å².